The number of likely N-dealkylation sites (tertiary alicyclic amines) is 2. The van der Waals surface area contributed by atoms with Crippen molar-refractivity contribution < 1.29 is 23.8 Å². The Hall–Kier alpha value is -1.50. The van der Waals surface area contributed by atoms with Crippen LogP contribution in [-0.4, -0.2) is 58.7 Å². The van der Waals surface area contributed by atoms with Crippen molar-refractivity contribution >= 4 is 12.2 Å². The quantitative estimate of drug-likeness (QED) is 0.701. The van der Waals surface area contributed by atoms with Crippen LogP contribution in [0.1, 0.15) is 80.1 Å². The van der Waals surface area contributed by atoms with Gasteiger partial charge < -0.3 is 14.2 Å². The van der Waals surface area contributed by atoms with Gasteiger partial charge >= 0.3 is 12.2 Å². The maximum absolute atomic E-state index is 12.6. The summed E-state index contributed by atoms with van der Waals surface area (Å²) in [5.74, 6) is 0. The zero-order valence-corrected chi connectivity index (χ0v) is 17.7. The van der Waals surface area contributed by atoms with E-state index in [2.05, 4.69) is 0 Å². The van der Waals surface area contributed by atoms with E-state index in [0.717, 1.165) is 38.5 Å². The SMILES string of the molecule is CC(C)(C)OC(=O)N1CCCCC1OC1CCCCN1C(=O)OC(C)(C)C. The molecule has 2 saturated heterocycles. The van der Waals surface area contributed by atoms with E-state index in [-0.39, 0.29) is 24.6 Å². The van der Waals surface area contributed by atoms with Crippen molar-refractivity contribution in [2.24, 2.45) is 0 Å². The monoisotopic (exact) mass is 384 g/mol. The average Bonchev–Trinajstić information content (AvgIpc) is 2.52. The molecule has 0 saturated carbocycles. The van der Waals surface area contributed by atoms with Gasteiger partial charge in [0.25, 0.3) is 0 Å². The molecule has 2 amide bonds. The lowest BCUT2D eigenvalue weighted by Gasteiger charge is -2.42. The van der Waals surface area contributed by atoms with Gasteiger partial charge in [-0.1, -0.05) is 0 Å². The van der Waals surface area contributed by atoms with Crippen LogP contribution in [-0.2, 0) is 14.2 Å². The number of ether oxygens (including phenoxy) is 3. The lowest BCUT2D eigenvalue weighted by Crippen LogP contribution is -2.53. The molecule has 0 aromatic rings. The summed E-state index contributed by atoms with van der Waals surface area (Å²) in [6.45, 7) is 12.4. The van der Waals surface area contributed by atoms with Gasteiger partial charge in [-0.05, 0) is 80.1 Å². The molecule has 156 valence electrons. The van der Waals surface area contributed by atoms with Gasteiger partial charge in [0.2, 0.25) is 0 Å². The van der Waals surface area contributed by atoms with Gasteiger partial charge in [-0.25, -0.2) is 9.59 Å². The Kier molecular flexibility index (Phi) is 7.00. The predicted molar refractivity (Wildman–Crippen MR) is 102 cm³/mol. The minimum Gasteiger partial charge on any atom is -0.444 e. The third-order valence-corrected chi connectivity index (χ3v) is 4.47. The van der Waals surface area contributed by atoms with Crippen molar-refractivity contribution in [2.75, 3.05) is 13.1 Å². The van der Waals surface area contributed by atoms with Crippen molar-refractivity contribution in [3.63, 3.8) is 0 Å². The molecule has 7 nitrogen and oxygen atoms in total. The van der Waals surface area contributed by atoms with E-state index < -0.39 is 11.2 Å². The third-order valence-electron chi connectivity index (χ3n) is 4.47. The first-order valence-electron chi connectivity index (χ1n) is 10.1. The summed E-state index contributed by atoms with van der Waals surface area (Å²) in [5, 5.41) is 0. The maximum Gasteiger partial charge on any atom is 0.412 e. The van der Waals surface area contributed by atoms with Crippen LogP contribution in [0.2, 0.25) is 0 Å². The molecule has 2 atom stereocenters. The summed E-state index contributed by atoms with van der Waals surface area (Å²) in [4.78, 5) is 28.5. The smallest absolute Gasteiger partial charge is 0.412 e. The molecule has 0 aromatic heterocycles. The summed E-state index contributed by atoms with van der Waals surface area (Å²) in [5.41, 5.74) is -1.10. The van der Waals surface area contributed by atoms with E-state index in [4.69, 9.17) is 14.2 Å². The third kappa shape index (κ3) is 6.87. The van der Waals surface area contributed by atoms with E-state index in [1.165, 1.54) is 0 Å². The summed E-state index contributed by atoms with van der Waals surface area (Å²) in [7, 11) is 0. The number of carbonyl (C=O) groups excluding carboxylic acids is 2. The normalized spacial score (nSPS) is 24.5. The topological polar surface area (TPSA) is 68.3 Å². The van der Waals surface area contributed by atoms with Crippen LogP contribution >= 0.6 is 0 Å². The highest BCUT2D eigenvalue weighted by atomic mass is 16.6. The van der Waals surface area contributed by atoms with E-state index >= 15 is 0 Å². The van der Waals surface area contributed by atoms with Crippen LogP contribution < -0.4 is 0 Å². The first-order valence-corrected chi connectivity index (χ1v) is 10.1. The molecule has 2 fully saturated rings. The van der Waals surface area contributed by atoms with Crippen molar-refractivity contribution in [1.29, 1.82) is 0 Å². The molecule has 7 heteroatoms. The zero-order chi connectivity index (χ0) is 20.2. The zero-order valence-electron chi connectivity index (χ0n) is 17.7. The van der Waals surface area contributed by atoms with Crippen LogP contribution in [0.25, 0.3) is 0 Å². The minimum atomic E-state index is -0.549. The number of carbonyl (C=O) groups is 2. The van der Waals surface area contributed by atoms with E-state index in [1.54, 1.807) is 9.80 Å². The summed E-state index contributed by atoms with van der Waals surface area (Å²) in [6, 6.07) is 0. The number of hydrogen-bond acceptors (Lipinski definition) is 5. The maximum atomic E-state index is 12.6. The fraction of sp³-hybridized carbons (Fsp3) is 0.900. The fourth-order valence-corrected chi connectivity index (χ4v) is 3.33. The number of amides is 2. The highest BCUT2D eigenvalue weighted by molar-refractivity contribution is 5.69. The molecule has 0 aliphatic carbocycles. The largest absolute Gasteiger partial charge is 0.444 e. The van der Waals surface area contributed by atoms with Gasteiger partial charge in [0.15, 0.2) is 0 Å². The molecule has 2 unspecified atom stereocenters. The molecule has 2 rings (SSSR count). The van der Waals surface area contributed by atoms with Crippen molar-refractivity contribution in [3.05, 3.63) is 0 Å². The van der Waals surface area contributed by atoms with E-state index in [0.29, 0.717) is 13.1 Å². The average molecular weight is 385 g/mol. The molecule has 27 heavy (non-hydrogen) atoms. The summed E-state index contributed by atoms with van der Waals surface area (Å²) in [6.07, 6.45) is 3.88. The fourth-order valence-electron chi connectivity index (χ4n) is 3.33. The summed E-state index contributed by atoms with van der Waals surface area (Å²) < 4.78 is 17.4. The van der Waals surface area contributed by atoms with Crippen LogP contribution in [0, 0.1) is 0 Å². The molecule has 0 aromatic carbocycles. The Labute approximate surface area is 163 Å². The highest BCUT2D eigenvalue weighted by Gasteiger charge is 2.37. The Morgan fingerprint density at radius 2 is 1.07 bits per heavy atom. The molecule has 2 aliphatic rings. The van der Waals surface area contributed by atoms with Crippen LogP contribution in [0.4, 0.5) is 9.59 Å². The van der Waals surface area contributed by atoms with E-state index in [9.17, 15) is 9.59 Å². The Bertz CT molecular complexity index is 477. The lowest BCUT2D eigenvalue weighted by molar-refractivity contribution is -0.165. The van der Waals surface area contributed by atoms with Gasteiger partial charge in [0, 0.05) is 13.1 Å². The molecule has 0 spiro atoms. The number of rotatable bonds is 2. The molecule has 0 bridgehead atoms. The molecular weight excluding hydrogens is 348 g/mol. The van der Waals surface area contributed by atoms with Crippen molar-refractivity contribution in [1.82, 2.24) is 9.80 Å². The van der Waals surface area contributed by atoms with Crippen molar-refractivity contribution in [3.8, 4) is 0 Å². The summed E-state index contributed by atoms with van der Waals surface area (Å²) >= 11 is 0. The second kappa shape index (κ2) is 8.67. The van der Waals surface area contributed by atoms with Gasteiger partial charge in [-0.15, -0.1) is 0 Å². The number of hydrogen-bond donors (Lipinski definition) is 0. The standard InChI is InChI=1S/C20H36N2O5/c1-19(2,3)26-17(23)21-13-9-7-11-15(21)25-16-12-8-10-14-22(16)18(24)27-20(4,5)6/h15-16H,7-14H2,1-6H3. The lowest BCUT2D eigenvalue weighted by atomic mass is 10.1. The molecular formula is C20H36N2O5. The Morgan fingerprint density at radius 1 is 0.704 bits per heavy atom. The van der Waals surface area contributed by atoms with Gasteiger partial charge in [0.05, 0.1) is 0 Å². The molecule has 2 aliphatic heterocycles. The minimum absolute atomic E-state index is 0.355. The van der Waals surface area contributed by atoms with Gasteiger partial charge in [0.1, 0.15) is 23.7 Å². The molecule has 0 radical (unpaired) electrons. The molecule has 0 N–H and O–H groups in total. The second-order valence-corrected chi connectivity index (χ2v) is 9.38. The first kappa shape index (κ1) is 21.8. The number of nitrogens with zero attached hydrogens (tertiary/aromatic N) is 2. The molecule has 2 heterocycles. The van der Waals surface area contributed by atoms with Gasteiger partial charge in [-0.3, -0.25) is 9.80 Å². The highest BCUT2D eigenvalue weighted by Crippen LogP contribution is 2.27. The van der Waals surface area contributed by atoms with E-state index in [1.807, 2.05) is 41.5 Å². The number of piperidine rings is 2. The predicted octanol–water partition coefficient (Wildman–Crippen LogP) is 4.50. The Balaban J connectivity index is 2.06. The van der Waals surface area contributed by atoms with Crippen LogP contribution in [0.3, 0.4) is 0 Å². The van der Waals surface area contributed by atoms with Gasteiger partial charge in [-0.2, -0.15) is 0 Å². The first-order chi connectivity index (χ1) is 12.5. The Morgan fingerprint density at radius 3 is 1.41 bits per heavy atom. The van der Waals surface area contributed by atoms with Crippen LogP contribution in [0.15, 0.2) is 0 Å². The van der Waals surface area contributed by atoms with Crippen LogP contribution in [0.5, 0.6) is 0 Å². The second-order valence-electron chi connectivity index (χ2n) is 9.38. The van der Waals surface area contributed by atoms with Crippen molar-refractivity contribution in [2.45, 2.75) is 104 Å².